The largest absolute Gasteiger partial charge is 0.339 e. The molecule has 1 aliphatic rings. The lowest BCUT2D eigenvalue weighted by Crippen LogP contribution is -2.08. The summed E-state index contributed by atoms with van der Waals surface area (Å²) in [5.74, 6) is 1.86. The first-order chi connectivity index (χ1) is 8.81. The van der Waals surface area contributed by atoms with E-state index in [1.807, 2.05) is 24.3 Å². The van der Waals surface area contributed by atoms with Crippen LogP contribution in [-0.2, 0) is 6.42 Å². The molecule has 4 nitrogen and oxygen atoms in total. The van der Waals surface area contributed by atoms with E-state index < -0.39 is 0 Å². The molecule has 1 aromatic carbocycles. The van der Waals surface area contributed by atoms with Crippen LogP contribution in [0.5, 0.6) is 0 Å². The number of hydrogen-bond donors (Lipinski definition) is 1. The van der Waals surface area contributed by atoms with E-state index in [2.05, 4.69) is 15.5 Å². The van der Waals surface area contributed by atoms with Gasteiger partial charge in [0, 0.05) is 18.0 Å². The van der Waals surface area contributed by atoms with Crippen LogP contribution in [0.2, 0.25) is 5.02 Å². The fraction of sp³-hybridized carbons (Fsp3) is 0.385. The molecule has 0 bridgehead atoms. The number of nitrogens with zero attached hydrogens (tertiary/aromatic N) is 2. The van der Waals surface area contributed by atoms with Gasteiger partial charge in [0.15, 0.2) is 5.82 Å². The van der Waals surface area contributed by atoms with Crippen molar-refractivity contribution in [3.05, 3.63) is 46.6 Å². The van der Waals surface area contributed by atoms with Gasteiger partial charge < -0.3 is 9.84 Å². The third-order valence-corrected chi connectivity index (χ3v) is 3.42. The van der Waals surface area contributed by atoms with Gasteiger partial charge in [-0.15, -0.1) is 12.4 Å². The number of aromatic nitrogens is 2. The number of nitrogens with one attached hydrogen (secondary N) is 1. The van der Waals surface area contributed by atoms with Crippen LogP contribution in [0.15, 0.2) is 28.8 Å². The Labute approximate surface area is 122 Å². The highest BCUT2D eigenvalue weighted by Gasteiger charge is 2.22. The fourth-order valence-corrected chi connectivity index (χ4v) is 2.28. The standard InChI is InChI=1S/C13H14ClN3O.ClH/c14-11-3-1-9(2-4-11)7-12-16-13(18-17-12)10-5-6-15-8-10;/h1-4,10,15H,5-8H2;1H/t10-;/m0./s1. The molecular weight excluding hydrogens is 285 g/mol. The Morgan fingerprint density at radius 2 is 2.11 bits per heavy atom. The summed E-state index contributed by atoms with van der Waals surface area (Å²) >= 11 is 5.85. The minimum absolute atomic E-state index is 0. The van der Waals surface area contributed by atoms with Crippen molar-refractivity contribution in [2.45, 2.75) is 18.8 Å². The molecule has 0 spiro atoms. The van der Waals surface area contributed by atoms with Gasteiger partial charge in [-0.1, -0.05) is 28.9 Å². The predicted octanol–water partition coefficient (Wildman–Crippen LogP) is 2.81. The van der Waals surface area contributed by atoms with Gasteiger partial charge >= 0.3 is 0 Å². The molecule has 1 atom stereocenters. The van der Waals surface area contributed by atoms with Crippen LogP contribution in [0.25, 0.3) is 0 Å². The maximum absolute atomic E-state index is 5.85. The molecule has 0 radical (unpaired) electrons. The van der Waals surface area contributed by atoms with E-state index in [9.17, 15) is 0 Å². The van der Waals surface area contributed by atoms with Gasteiger partial charge in [-0.25, -0.2) is 0 Å². The first-order valence-electron chi connectivity index (χ1n) is 6.09. The molecule has 1 fully saturated rings. The molecule has 1 aliphatic heterocycles. The smallest absolute Gasteiger partial charge is 0.231 e. The van der Waals surface area contributed by atoms with Crippen LogP contribution in [0, 0.1) is 0 Å². The van der Waals surface area contributed by atoms with Gasteiger partial charge in [-0.3, -0.25) is 0 Å². The van der Waals surface area contributed by atoms with Gasteiger partial charge in [0.05, 0.1) is 5.92 Å². The Bertz CT molecular complexity index is 521. The second-order valence-corrected chi connectivity index (χ2v) is 4.98. The van der Waals surface area contributed by atoms with Crippen LogP contribution in [0.4, 0.5) is 0 Å². The highest BCUT2D eigenvalue weighted by Crippen LogP contribution is 2.21. The van der Waals surface area contributed by atoms with Crippen LogP contribution in [-0.4, -0.2) is 23.2 Å². The monoisotopic (exact) mass is 299 g/mol. The summed E-state index contributed by atoms with van der Waals surface area (Å²) in [6, 6.07) is 7.71. The van der Waals surface area contributed by atoms with Crippen molar-refractivity contribution in [3.63, 3.8) is 0 Å². The maximum Gasteiger partial charge on any atom is 0.231 e. The van der Waals surface area contributed by atoms with Crippen molar-refractivity contribution in [2.24, 2.45) is 0 Å². The molecule has 3 rings (SSSR count). The van der Waals surface area contributed by atoms with Crippen molar-refractivity contribution in [1.82, 2.24) is 15.5 Å². The Kier molecular flexibility index (Phi) is 4.80. The van der Waals surface area contributed by atoms with Crippen molar-refractivity contribution < 1.29 is 4.52 Å². The molecule has 0 saturated carbocycles. The molecule has 1 aromatic heterocycles. The lowest BCUT2D eigenvalue weighted by Gasteiger charge is -1.99. The molecule has 0 unspecified atom stereocenters. The topological polar surface area (TPSA) is 51.0 Å². The van der Waals surface area contributed by atoms with Gasteiger partial charge in [0.25, 0.3) is 0 Å². The number of rotatable bonds is 3. The van der Waals surface area contributed by atoms with Gasteiger partial charge in [0.2, 0.25) is 5.89 Å². The quantitative estimate of drug-likeness (QED) is 0.947. The molecule has 2 heterocycles. The number of halogens is 2. The third-order valence-electron chi connectivity index (χ3n) is 3.17. The van der Waals surface area contributed by atoms with E-state index in [1.165, 1.54) is 0 Å². The normalized spacial score (nSPS) is 18.3. The maximum atomic E-state index is 5.85. The molecule has 0 amide bonds. The third kappa shape index (κ3) is 3.47. The van der Waals surface area contributed by atoms with Crippen molar-refractivity contribution >= 4 is 24.0 Å². The summed E-state index contributed by atoms with van der Waals surface area (Å²) in [6.45, 7) is 1.96. The van der Waals surface area contributed by atoms with Crippen LogP contribution < -0.4 is 5.32 Å². The lowest BCUT2D eigenvalue weighted by molar-refractivity contribution is 0.355. The zero-order chi connectivity index (χ0) is 12.4. The number of benzene rings is 1. The summed E-state index contributed by atoms with van der Waals surface area (Å²) < 4.78 is 5.32. The highest BCUT2D eigenvalue weighted by molar-refractivity contribution is 6.30. The summed E-state index contributed by atoms with van der Waals surface area (Å²) in [4.78, 5) is 4.46. The molecule has 0 aliphatic carbocycles. The molecule has 102 valence electrons. The summed E-state index contributed by atoms with van der Waals surface area (Å²) in [5, 5.41) is 8.07. The first kappa shape index (κ1) is 14.3. The zero-order valence-corrected chi connectivity index (χ0v) is 11.9. The summed E-state index contributed by atoms with van der Waals surface area (Å²) in [5.41, 5.74) is 1.14. The Morgan fingerprint density at radius 1 is 1.32 bits per heavy atom. The van der Waals surface area contributed by atoms with E-state index >= 15 is 0 Å². The van der Waals surface area contributed by atoms with E-state index in [4.69, 9.17) is 16.1 Å². The van der Waals surface area contributed by atoms with Gasteiger partial charge in [-0.2, -0.15) is 4.98 Å². The molecule has 1 N–H and O–H groups in total. The minimum Gasteiger partial charge on any atom is -0.339 e. The summed E-state index contributed by atoms with van der Waals surface area (Å²) in [6.07, 6.45) is 1.75. The Morgan fingerprint density at radius 3 is 2.79 bits per heavy atom. The number of hydrogen-bond acceptors (Lipinski definition) is 4. The average molecular weight is 300 g/mol. The van der Waals surface area contributed by atoms with Crippen LogP contribution in [0.1, 0.15) is 29.6 Å². The van der Waals surface area contributed by atoms with E-state index in [-0.39, 0.29) is 12.4 Å². The Balaban J connectivity index is 0.00000133. The first-order valence-corrected chi connectivity index (χ1v) is 6.47. The average Bonchev–Trinajstić information content (AvgIpc) is 3.02. The lowest BCUT2D eigenvalue weighted by atomic mass is 10.1. The molecule has 2 aromatic rings. The van der Waals surface area contributed by atoms with Crippen LogP contribution in [0.3, 0.4) is 0 Å². The second kappa shape index (κ2) is 6.37. The molecule has 1 saturated heterocycles. The fourth-order valence-electron chi connectivity index (χ4n) is 2.16. The minimum atomic E-state index is 0. The summed E-state index contributed by atoms with van der Waals surface area (Å²) in [7, 11) is 0. The van der Waals surface area contributed by atoms with Crippen molar-refractivity contribution in [2.75, 3.05) is 13.1 Å². The highest BCUT2D eigenvalue weighted by atomic mass is 35.5. The van der Waals surface area contributed by atoms with Crippen molar-refractivity contribution in [1.29, 1.82) is 0 Å². The van der Waals surface area contributed by atoms with Gasteiger partial charge in [0.1, 0.15) is 0 Å². The van der Waals surface area contributed by atoms with E-state index in [0.717, 1.165) is 41.8 Å². The van der Waals surface area contributed by atoms with E-state index in [1.54, 1.807) is 0 Å². The van der Waals surface area contributed by atoms with Crippen molar-refractivity contribution in [3.8, 4) is 0 Å². The second-order valence-electron chi connectivity index (χ2n) is 4.54. The van der Waals surface area contributed by atoms with E-state index in [0.29, 0.717) is 12.3 Å². The SMILES string of the molecule is Cl.Clc1ccc(Cc2noc([C@H]3CCNC3)n2)cc1. The molecular formula is C13H15Cl2N3O. The predicted molar refractivity (Wildman–Crippen MR) is 76.0 cm³/mol. The van der Waals surface area contributed by atoms with Crippen LogP contribution >= 0.6 is 24.0 Å². The Hall–Kier alpha value is -1.10. The molecule has 6 heteroatoms. The van der Waals surface area contributed by atoms with Gasteiger partial charge in [-0.05, 0) is 30.7 Å². The zero-order valence-electron chi connectivity index (χ0n) is 10.3. The molecule has 19 heavy (non-hydrogen) atoms.